The lowest BCUT2D eigenvalue weighted by atomic mass is 10.3. The number of rotatable bonds is 4. The largest absolute Gasteiger partial charge is 0.344 e. The van der Waals surface area contributed by atoms with Crippen LogP contribution in [0.15, 0.2) is 12.3 Å². The lowest BCUT2D eigenvalue weighted by Gasteiger charge is -2.13. The van der Waals surface area contributed by atoms with Crippen molar-refractivity contribution in [2.45, 2.75) is 13.0 Å². The molecule has 1 aromatic heterocycles. The Morgan fingerprint density at radius 2 is 2.31 bits per heavy atom. The van der Waals surface area contributed by atoms with Crippen LogP contribution in [-0.4, -0.2) is 33.4 Å². The van der Waals surface area contributed by atoms with Gasteiger partial charge in [0.25, 0.3) is 0 Å². The summed E-state index contributed by atoms with van der Waals surface area (Å²) in [6, 6.07) is 1.02. The van der Waals surface area contributed by atoms with Crippen molar-refractivity contribution < 1.29 is 9.59 Å². The van der Waals surface area contributed by atoms with Gasteiger partial charge in [-0.2, -0.15) is 17.7 Å². The van der Waals surface area contributed by atoms with Gasteiger partial charge in [-0.1, -0.05) is 0 Å². The van der Waals surface area contributed by atoms with Gasteiger partial charge in [0, 0.05) is 32.0 Å². The van der Waals surface area contributed by atoms with E-state index in [1.807, 2.05) is 0 Å². The van der Waals surface area contributed by atoms with Gasteiger partial charge in [0.05, 0.1) is 0 Å². The fraction of sp³-hybridized carbons (Fsp3) is 0.444. The Bertz CT molecular complexity index is 391. The van der Waals surface area contributed by atoms with Crippen LogP contribution in [-0.2, 0) is 16.6 Å². The maximum atomic E-state index is 11.7. The molecule has 0 radical (unpaired) electrons. The molecule has 0 aliphatic carbocycles. The van der Waals surface area contributed by atoms with Crippen LogP contribution in [0.2, 0.25) is 0 Å². The molecular formula is C9H14N4O2S. The zero-order chi connectivity index (χ0) is 12.1. The highest BCUT2D eigenvalue weighted by Crippen LogP contribution is 2.02. The highest BCUT2D eigenvalue weighted by molar-refractivity contribution is 7.80. The van der Waals surface area contributed by atoms with Crippen molar-refractivity contribution in [2.24, 2.45) is 7.05 Å². The van der Waals surface area contributed by atoms with E-state index >= 15 is 0 Å². The number of thiol groups is 1. The van der Waals surface area contributed by atoms with Gasteiger partial charge in [0.1, 0.15) is 6.04 Å². The quantitative estimate of drug-likeness (QED) is 0.640. The van der Waals surface area contributed by atoms with Crippen LogP contribution in [0.25, 0.3) is 0 Å². The third kappa shape index (κ3) is 3.58. The third-order valence-electron chi connectivity index (χ3n) is 1.84. The first kappa shape index (κ1) is 12.6. The summed E-state index contributed by atoms with van der Waals surface area (Å²) in [7, 11) is 1.75. The Labute approximate surface area is 98.8 Å². The highest BCUT2D eigenvalue weighted by Gasteiger charge is 2.18. The Hall–Kier alpha value is -1.50. The first-order valence-electron chi connectivity index (χ1n) is 4.71. The van der Waals surface area contributed by atoms with E-state index in [2.05, 4.69) is 28.4 Å². The van der Waals surface area contributed by atoms with E-state index in [0.29, 0.717) is 5.82 Å². The second-order valence-electron chi connectivity index (χ2n) is 3.30. The molecule has 1 rings (SSSR count). The lowest BCUT2D eigenvalue weighted by Crippen LogP contribution is -2.44. The molecule has 7 heteroatoms. The van der Waals surface area contributed by atoms with Crippen molar-refractivity contribution in [3.8, 4) is 0 Å². The van der Waals surface area contributed by atoms with Crippen LogP contribution < -0.4 is 10.6 Å². The minimum Gasteiger partial charge on any atom is -0.344 e. The maximum Gasteiger partial charge on any atom is 0.248 e. The fourth-order valence-electron chi connectivity index (χ4n) is 1.13. The number of amides is 2. The van der Waals surface area contributed by atoms with Crippen LogP contribution in [0.5, 0.6) is 0 Å². The summed E-state index contributed by atoms with van der Waals surface area (Å²) in [5, 5.41) is 9.07. The fourth-order valence-corrected chi connectivity index (χ4v) is 1.39. The Balaban J connectivity index is 2.59. The molecule has 0 bridgehead atoms. The van der Waals surface area contributed by atoms with Gasteiger partial charge in [-0.3, -0.25) is 14.3 Å². The van der Waals surface area contributed by atoms with Gasteiger partial charge in [-0.05, 0) is 0 Å². The van der Waals surface area contributed by atoms with Crippen LogP contribution in [0.1, 0.15) is 6.92 Å². The van der Waals surface area contributed by atoms with E-state index < -0.39 is 6.04 Å². The number of anilines is 1. The van der Waals surface area contributed by atoms with E-state index in [0.717, 1.165) is 0 Å². The molecule has 0 aliphatic heterocycles. The minimum absolute atomic E-state index is 0.234. The number of aryl methyl sites for hydroxylation is 1. The predicted octanol–water partition coefficient (Wildman–Crippen LogP) is -0.207. The molecule has 1 atom stereocenters. The molecule has 6 nitrogen and oxygen atoms in total. The molecule has 1 unspecified atom stereocenters. The van der Waals surface area contributed by atoms with Crippen LogP contribution in [0, 0.1) is 0 Å². The second kappa shape index (κ2) is 5.55. The molecule has 0 aromatic carbocycles. The van der Waals surface area contributed by atoms with Crippen LogP contribution in [0.3, 0.4) is 0 Å². The van der Waals surface area contributed by atoms with Crippen molar-refractivity contribution in [1.29, 1.82) is 0 Å². The van der Waals surface area contributed by atoms with E-state index in [-0.39, 0.29) is 17.6 Å². The van der Waals surface area contributed by atoms with Crippen molar-refractivity contribution in [3.63, 3.8) is 0 Å². The molecule has 88 valence electrons. The standard InChI is InChI=1S/C9H14N4O2S/c1-6(14)10-7(5-16)9(15)11-8-3-4-13(2)12-8/h3-4,7,16H,5H2,1-2H3,(H,10,14)(H,11,12,15). The number of carbonyl (C=O) groups is 2. The first-order chi connectivity index (χ1) is 7.52. The van der Waals surface area contributed by atoms with Gasteiger partial charge in [0.2, 0.25) is 11.8 Å². The second-order valence-corrected chi connectivity index (χ2v) is 3.66. The summed E-state index contributed by atoms with van der Waals surface area (Å²) < 4.78 is 1.57. The summed E-state index contributed by atoms with van der Waals surface area (Å²) in [5.74, 6) is 0.0851. The number of nitrogens with zero attached hydrogens (tertiary/aromatic N) is 2. The molecule has 0 spiro atoms. The van der Waals surface area contributed by atoms with Gasteiger partial charge < -0.3 is 10.6 Å². The predicted molar refractivity (Wildman–Crippen MR) is 63.3 cm³/mol. The lowest BCUT2D eigenvalue weighted by molar-refractivity contribution is -0.124. The van der Waals surface area contributed by atoms with Crippen molar-refractivity contribution in [2.75, 3.05) is 11.1 Å². The van der Waals surface area contributed by atoms with Gasteiger partial charge >= 0.3 is 0 Å². The SMILES string of the molecule is CC(=O)NC(CS)C(=O)Nc1ccn(C)n1. The van der Waals surface area contributed by atoms with Crippen LogP contribution >= 0.6 is 12.6 Å². The Morgan fingerprint density at radius 1 is 1.62 bits per heavy atom. The van der Waals surface area contributed by atoms with Gasteiger partial charge in [-0.15, -0.1) is 0 Å². The molecule has 1 aromatic rings. The average Bonchev–Trinajstić information content (AvgIpc) is 2.60. The first-order valence-corrected chi connectivity index (χ1v) is 5.34. The topological polar surface area (TPSA) is 76.0 Å². The van der Waals surface area contributed by atoms with Crippen molar-refractivity contribution in [3.05, 3.63) is 12.3 Å². The molecule has 0 fully saturated rings. The summed E-state index contributed by atoms with van der Waals surface area (Å²) in [4.78, 5) is 22.5. The van der Waals surface area contributed by atoms with Crippen molar-refractivity contribution >= 4 is 30.3 Å². The number of nitrogens with one attached hydrogen (secondary N) is 2. The monoisotopic (exact) mass is 242 g/mol. The van der Waals surface area contributed by atoms with E-state index in [9.17, 15) is 9.59 Å². The van der Waals surface area contributed by atoms with E-state index in [4.69, 9.17) is 0 Å². The molecule has 0 saturated heterocycles. The summed E-state index contributed by atoms with van der Waals surface area (Å²) >= 11 is 4.00. The van der Waals surface area contributed by atoms with Gasteiger partial charge in [0.15, 0.2) is 5.82 Å². The highest BCUT2D eigenvalue weighted by atomic mass is 32.1. The number of aromatic nitrogens is 2. The number of hydrogen-bond donors (Lipinski definition) is 3. The summed E-state index contributed by atoms with van der Waals surface area (Å²) in [6.07, 6.45) is 1.71. The number of carbonyl (C=O) groups excluding carboxylic acids is 2. The third-order valence-corrected chi connectivity index (χ3v) is 2.21. The number of hydrogen-bond acceptors (Lipinski definition) is 4. The average molecular weight is 242 g/mol. The zero-order valence-corrected chi connectivity index (χ0v) is 9.99. The molecule has 1 heterocycles. The molecule has 2 N–H and O–H groups in total. The Morgan fingerprint density at radius 3 is 2.75 bits per heavy atom. The minimum atomic E-state index is -0.650. The van der Waals surface area contributed by atoms with E-state index in [1.165, 1.54) is 6.92 Å². The van der Waals surface area contributed by atoms with Crippen LogP contribution in [0.4, 0.5) is 5.82 Å². The van der Waals surface area contributed by atoms with E-state index in [1.54, 1.807) is 24.0 Å². The molecule has 0 saturated carbocycles. The van der Waals surface area contributed by atoms with Gasteiger partial charge in [-0.25, -0.2) is 0 Å². The summed E-state index contributed by atoms with van der Waals surface area (Å²) in [5.41, 5.74) is 0. The maximum absolute atomic E-state index is 11.7. The molecular weight excluding hydrogens is 228 g/mol. The molecule has 16 heavy (non-hydrogen) atoms. The summed E-state index contributed by atoms with van der Waals surface area (Å²) in [6.45, 7) is 1.35. The van der Waals surface area contributed by atoms with Crippen molar-refractivity contribution in [1.82, 2.24) is 15.1 Å². The Kier molecular flexibility index (Phi) is 4.36. The zero-order valence-electron chi connectivity index (χ0n) is 9.10. The normalized spacial score (nSPS) is 11.9. The smallest absolute Gasteiger partial charge is 0.248 e. The molecule has 2 amide bonds. The molecule has 0 aliphatic rings.